The molecule has 0 bridgehead atoms. The van der Waals surface area contributed by atoms with Gasteiger partial charge in [0.2, 0.25) is 0 Å². The fourth-order valence-corrected chi connectivity index (χ4v) is 4.61. The van der Waals surface area contributed by atoms with Crippen molar-refractivity contribution in [3.63, 3.8) is 0 Å². The molecule has 4 rings (SSSR count). The quantitative estimate of drug-likeness (QED) is 0.593. The Morgan fingerprint density at radius 3 is 2.52 bits per heavy atom. The van der Waals surface area contributed by atoms with Crippen LogP contribution in [0.4, 0.5) is 0 Å². The van der Waals surface area contributed by atoms with E-state index in [9.17, 15) is 4.21 Å². The highest BCUT2D eigenvalue weighted by atomic mass is 35.5. The minimum atomic E-state index is -1.99. The van der Waals surface area contributed by atoms with Crippen LogP contribution in [0.25, 0.3) is 0 Å². The molecule has 1 aliphatic heterocycles. The van der Waals surface area contributed by atoms with Crippen LogP contribution in [0.1, 0.15) is 17.2 Å². The van der Waals surface area contributed by atoms with Crippen LogP contribution in [0.5, 0.6) is 0 Å². The molecule has 0 aliphatic carbocycles. The van der Waals surface area contributed by atoms with Crippen LogP contribution in [0.15, 0.2) is 55.1 Å². The van der Waals surface area contributed by atoms with Crippen molar-refractivity contribution in [1.29, 1.82) is 0 Å². The highest BCUT2D eigenvalue weighted by molar-refractivity contribution is 7.75. The molecule has 140 valence electrons. The molecule has 27 heavy (non-hydrogen) atoms. The molecule has 1 aromatic heterocycles. The van der Waals surface area contributed by atoms with E-state index in [0.717, 1.165) is 0 Å². The lowest BCUT2D eigenvalue weighted by Gasteiger charge is -2.32. The van der Waals surface area contributed by atoms with E-state index < -0.39 is 23.1 Å². The molecule has 0 spiro atoms. The Balaban J connectivity index is 1.88. The largest absolute Gasteiger partial charge is 0.306 e. The van der Waals surface area contributed by atoms with Gasteiger partial charge < -0.3 is 0 Å². The molecule has 1 saturated heterocycles. The number of hydrogen-bond acceptors (Lipinski definition) is 5. The Labute approximate surface area is 172 Å². The second-order valence-corrected chi connectivity index (χ2v) is 7.97. The first-order valence-electron chi connectivity index (χ1n) is 7.80. The summed E-state index contributed by atoms with van der Waals surface area (Å²) in [5, 5.41) is 5.58. The van der Waals surface area contributed by atoms with E-state index in [1.165, 1.54) is 6.33 Å². The Morgan fingerprint density at radius 2 is 1.85 bits per heavy atom. The van der Waals surface area contributed by atoms with E-state index in [2.05, 4.69) is 10.1 Å². The van der Waals surface area contributed by atoms with E-state index >= 15 is 0 Å². The molecular formula is C17H12Cl3N3O3S. The number of rotatable bonds is 4. The second-order valence-electron chi connectivity index (χ2n) is 5.92. The van der Waals surface area contributed by atoms with Crippen molar-refractivity contribution in [3.05, 3.63) is 81.3 Å². The first-order valence-corrected chi connectivity index (χ1v) is 9.93. The summed E-state index contributed by atoms with van der Waals surface area (Å²) in [4.78, 5) is 3.96. The zero-order valence-electron chi connectivity index (χ0n) is 13.6. The molecule has 1 aliphatic rings. The fraction of sp³-hybridized carbons (Fsp3) is 0.176. The molecule has 3 atom stereocenters. The van der Waals surface area contributed by atoms with Gasteiger partial charge in [0.05, 0.1) is 6.54 Å². The van der Waals surface area contributed by atoms with Gasteiger partial charge in [-0.25, -0.2) is 9.67 Å². The summed E-state index contributed by atoms with van der Waals surface area (Å²) in [5.74, 6) is 0. The van der Waals surface area contributed by atoms with Gasteiger partial charge in [-0.3, -0.25) is 8.37 Å². The summed E-state index contributed by atoms with van der Waals surface area (Å²) in [6.07, 6.45) is 2.18. The fourth-order valence-electron chi connectivity index (χ4n) is 3.05. The first kappa shape index (κ1) is 18.9. The number of nitrogens with zero attached hydrogens (tertiary/aromatic N) is 3. The van der Waals surface area contributed by atoms with Crippen LogP contribution in [-0.2, 0) is 31.9 Å². The second kappa shape index (κ2) is 7.50. The van der Waals surface area contributed by atoms with Gasteiger partial charge in [-0.2, -0.15) is 9.31 Å². The highest BCUT2D eigenvalue weighted by Crippen LogP contribution is 2.50. The molecular weight excluding hydrogens is 433 g/mol. The lowest BCUT2D eigenvalue weighted by Crippen LogP contribution is -2.37. The monoisotopic (exact) mass is 443 g/mol. The zero-order chi connectivity index (χ0) is 19.0. The first-order chi connectivity index (χ1) is 13.0. The summed E-state index contributed by atoms with van der Waals surface area (Å²) in [6.45, 7) is 0.198. The third-order valence-corrected chi connectivity index (χ3v) is 5.85. The summed E-state index contributed by atoms with van der Waals surface area (Å²) < 4.78 is 25.4. The van der Waals surface area contributed by atoms with Gasteiger partial charge in [0.15, 0.2) is 5.60 Å². The van der Waals surface area contributed by atoms with Crippen LogP contribution < -0.4 is 0 Å². The van der Waals surface area contributed by atoms with Crippen molar-refractivity contribution in [1.82, 2.24) is 14.8 Å². The van der Waals surface area contributed by atoms with E-state index in [4.69, 9.17) is 43.2 Å². The van der Waals surface area contributed by atoms with E-state index in [-0.39, 0.29) is 6.54 Å². The van der Waals surface area contributed by atoms with Crippen LogP contribution in [0.3, 0.4) is 0 Å². The molecule has 3 aromatic rings. The topological polar surface area (TPSA) is 66.2 Å². The maximum Gasteiger partial charge on any atom is 0.306 e. The standard InChI is InChI=1S/C17H12Cl3N3O3S/c18-12-3-1-11(2-4-12)17(8-23-10-21-9-22-23)16(25-27(24)26-17)14-6-5-13(19)7-15(14)20/h1-7,9-10,16H,8H2/t16-,17-,27?/m1/s1. The van der Waals surface area contributed by atoms with Gasteiger partial charge in [0.1, 0.15) is 18.8 Å². The summed E-state index contributed by atoms with van der Waals surface area (Å²) in [6, 6.07) is 12.1. The van der Waals surface area contributed by atoms with Crippen LogP contribution >= 0.6 is 34.8 Å². The van der Waals surface area contributed by atoms with Gasteiger partial charge >= 0.3 is 11.4 Å². The Hall–Kier alpha value is -1.48. The van der Waals surface area contributed by atoms with Gasteiger partial charge in [-0.05, 0) is 29.8 Å². The Kier molecular flexibility index (Phi) is 5.24. The predicted octanol–water partition coefficient (Wildman–Crippen LogP) is 4.50. The number of hydrogen-bond donors (Lipinski definition) is 0. The van der Waals surface area contributed by atoms with Crippen LogP contribution in [0, 0.1) is 0 Å². The van der Waals surface area contributed by atoms with Gasteiger partial charge in [-0.1, -0.05) is 53.0 Å². The minimum absolute atomic E-state index is 0.198. The summed E-state index contributed by atoms with van der Waals surface area (Å²) >= 11 is 16.5. The molecule has 2 heterocycles. The maximum absolute atomic E-state index is 12.3. The predicted molar refractivity (Wildman–Crippen MR) is 103 cm³/mol. The Morgan fingerprint density at radius 1 is 1.11 bits per heavy atom. The normalized spacial score (nSPS) is 25.0. The van der Waals surface area contributed by atoms with Crippen molar-refractivity contribution in [2.24, 2.45) is 0 Å². The van der Waals surface area contributed by atoms with E-state index in [0.29, 0.717) is 26.2 Å². The summed E-state index contributed by atoms with van der Waals surface area (Å²) in [7, 11) is 0. The van der Waals surface area contributed by atoms with Gasteiger partial charge in [-0.15, -0.1) is 0 Å². The van der Waals surface area contributed by atoms with Crippen molar-refractivity contribution in [2.45, 2.75) is 18.2 Å². The average molecular weight is 445 g/mol. The van der Waals surface area contributed by atoms with E-state index in [1.807, 2.05) is 0 Å². The van der Waals surface area contributed by atoms with Crippen molar-refractivity contribution < 1.29 is 12.6 Å². The molecule has 10 heteroatoms. The number of aromatic nitrogens is 3. The molecule has 0 saturated carbocycles. The number of halogens is 3. The van der Waals surface area contributed by atoms with Crippen LogP contribution in [0.2, 0.25) is 15.1 Å². The molecule has 6 nitrogen and oxygen atoms in total. The maximum atomic E-state index is 12.3. The van der Waals surface area contributed by atoms with Gasteiger partial charge in [0, 0.05) is 20.6 Å². The van der Waals surface area contributed by atoms with Crippen LogP contribution in [-0.4, -0.2) is 19.0 Å². The lowest BCUT2D eigenvalue weighted by molar-refractivity contribution is 0.0124. The zero-order valence-corrected chi connectivity index (χ0v) is 16.7. The summed E-state index contributed by atoms with van der Waals surface area (Å²) in [5.41, 5.74) is 0.145. The smallest absolute Gasteiger partial charge is 0.257 e. The highest BCUT2D eigenvalue weighted by Gasteiger charge is 2.53. The lowest BCUT2D eigenvalue weighted by atomic mass is 9.84. The molecule has 0 N–H and O–H groups in total. The third kappa shape index (κ3) is 3.63. The molecule has 2 aromatic carbocycles. The average Bonchev–Trinajstić information content (AvgIpc) is 3.24. The van der Waals surface area contributed by atoms with E-state index in [1.54, 1.807) is 53.5 Å². The minimum Gasteiger partial charge on any atom is -0.257 e. The van der Waals surface area contributed by atoms with Crippen molar-refractivity contribution in [2.75, 3.05) is 0 Å². The van der Waals surface area contributed by atoms with Crippen molar-refractivity contribution >= 4 is 46.2 Å². The molecule has 1 fully saturated rings. The molecule has 1 unspecified atom stereocenters. The SMILES string of the molecule is O=S1O[C@H](c2ccc(Cl)cc2Cl)[C@@](Cn2cncn2)(c2ccc(Cl)cc2)O1. The van der Waals surface area contributed by atoms with Gasteiger partial charge in [0.25, 0.3) is 0 Å². The molecule has 0 radical (unpaired) electrons. The Bertz CT molecular complexity index is 985. The number of benzene rings is 2. The third-order valence-electron chi connectivity index (χ3n) is 4.26. The van der Waals surface area contributed by atoms with Crippen molar-refractivity contribution in [3.8, 4) is 0 Å². The molecule has 0 amide bonds.